The number of anilines is 1. The van der Waals surface area contributed by atoms with Crippen LogP contribution >= 0.6 is 11.3 Å². The van der Waals surface area contributed by atoms with E-state index >= 15 is 0 Å². The number of hydrogen-bond acceptors (Lipinski definition) is 4. The largest absolute Gasteiger partial charge is 0.465 e. The van der Waals surface area contributed by atoms with Gasteiger partial charge in [0.05, 0.1) is 12.7 Å². The molecule has 5 heteroatoms. The number of carbonyl (C=O) groups is 2. The molecule has 2 aliphatic rings. The molecule has 3 rings (SSSR count). The summed E-state index contributed by atoms with van der Waals surface area (Å²) in [5, 5.41) is 3.69. The second-order valence-corrected chi connectivity index (χ2v) is 7.68. The second kappa shape index (κ2) is 6.03. The van der Waals surface area contributed by atoms with E-state index in [9.17, 15) is 9.59 Å². The molecule has 2 aliphatic carbocycles. The zero-order chi connectivity index (χ0) is 15.9. The van der Waals surface area contributed by atoms with Crippen molar-refractivity contribution in [2.24, 2.45) is 17.8 Å². The van der Waals surface area contributed by atoms with Crippen LogP contribution in [0.4, 0.5) is 5.00 Å². The number of carbonyl (C=O) groups excluding carboxylic acids is 2. The van der Waals surface area contributed by atoms with Crippen molar-refractivity contribution < 1.29 is 14.3 Å². The summed E-state index contributed by atoms with van der Waals surface area (Å²) in [6, 6.07) is 0. The van der Waals surface area contributed by atoms with Crippen molar-refractivity contribution in [3.8, 4) is 0 Å². The van der Waals surface area contributed by atoms with Gasteiger partial charge in [0.25, 0.3) is 0 Å². The predicted octanol–water partition coefficient (Wildman–Crippen LogP) is 3.78. The lowest BCUT2D eigenvalue weighted by Crippen LogP contribution is -2.27. The first-order chi connectivity index (χ1) is 10.5. The van der Waals surface area contributed by atoms with Crippen molar-refractivity contribution >= 4 is 28.2 Å². The van der Waals surface area contributed by atoms with Crippen molar-refractivity contribution in [1.29, 1.82) is 0 Å². The minimum Gasteiger partial charge on any atom is -0.465 e. The minimum absolute atomic E-state index is 0.0845. The third kappa shape index (κ3) is 2.56. The van der Waals surface area contributed by atoms with Gasteiger partial charge in [0.15, 0.2) is 0 Å². The van der Waals surface area contributed by atoms with Gasteiger partial charge in [-0.25, -0.2) is 4.79 Å². The van der Waals surface area contributed by atoms with Crippen LogP contribution in [-0.4, -0.2) is 19.0 Å². The second-order valence-electron chi connectivity index (χ2n) is 6.46. The highest BCUT2D eigenvalue weighted by atomic mass is 32.1. The first kappa shape index (κ1) is 15.5. The van der Waals surface area contributed by atoms with E-state index in [1.54, 1.807) is 0 Å². The molecule has 0 aromatic carbocycles. The van der Waals surface area contributed by atoms with Gasteiger partial charge >= 0.3 is 5.97 Å². The van der Waals surface area contributed by atoms with E-state index in [0.29, 0.717) is 16.5 Å². The van der Waals surface area contributed by atoms with Crippen molar-refractivity contribution in [2.45, 2.75) is 46.0 Å². The summed E-state index contributed by atoms with van der Waals surface area (Å²) in [5.41, 5.74) is 1.53. The van der Waals surface area contributed by atoms with Gasteiger partial charge in [-0.2, -0.15) is 0 Å². The standard InChI is InChI=1S/C17H23NO3S/c1-4-12-9(2)22-16(14(12)17(20)21-3)18-15(19)13-8-10-5-6-11(13)7-10/h10-11,13H,4-8H2,1-3H3,(H,18,19)/t10-,11+,13+/m0/s1. The van der Waals surface area contributed by atoms with Gasteiger partial charge < -0.3 is 10.1 Å². The smallest absolute Gasteiger partial charge is 0.341 e. The van der Waals surface area contributed by atoms with Crippen LogP contribution in [0.3, 0.4) is 0 Å². The number of nitrogens with one attached hydrogen (secondary N) is 1. The molecule has 0 radical (unpaired) electrons. The first-order valence-corrected chi connectivity index (χ1v) is 8.88. The van der Waals surface area contributed by atoms with E-state index in [1.807, 2.05) is 13.8 Å². The number of ether oxygens (including phenoxy) is 1. The summed E-state index contributed by atoms with van der Waals surface area (Å²) in [5.74, 6) is 1.12. The normalized spacial score (nSPS) is 26.2. The Bertz CT molecular complexity index is 607. The molecule has 0 aliphatic heterocycles. The van der Waals surface area contributed by atoms with Crippen LogP contribution in [0.15, 0.2) is 0 Å². The van der Waals surface area contributed by atoms with Gasteiger partial charge in [-0.15, -0.1) is 11.3 Å². The molecule has 4 nitrogen and oxygen atoms in total. The van der Waals surface area contributed by atoms with E-state index in [4.69, 9.17) is 4.74 Å². The Morgan fingerprint density at radius 1 is 1.32 bits per heavy atom. The molecule has 1 heterocycles. The molecule has 2 fully saturated rings. The molecule has 22 heavy (non-hydrogen) atoms. The van der Waals surface area contributed by atoms with Gasteiger partial charge in [0, 0.05) is 10.8 Å². The molecule has 1 N–H and O–H groups in total. The summed E-state index contributed by atoms with van der Waals surface area (Å²) in [7, 11) is 1.39. The van der Waals surface area contributed by atoms with Crippen LogP contribution < -0.4 is 5.32 Å². The number of rotatable bonds is 4. The molecule has 0 unspecified atom stereocenters. The van der Waals surface area contributed by atoms with Crippen LogP contribution in [-0.2, 0) is 16.0 Å². The Balaban J connectivity index is 1.82. The number of esters is 1. The molecular weight excluding hydrogens is 298 g/mol. The quantitative estimate of drug-likeness (QED) is 0.859. The van der Waals surface area contributed by atoms with Crippen LogP contribution in [0.5, 0.6) is 0 Å². The Morgan fingerprint density at radius 2 is 2.09 bits per heavy atom. The zero-order valence-electron chi connectivity index (χ0n) is 13.4. The molecule has 2 bridgehead atoms. The van der Waals surface area contributed by atoms with Crippen molar-refractivity contribution in [3.05, 3.63) is 16.0 Å². The van der Waals surface area contributed by atoms with Gasteiger partial charge in [0.1, 0.15) is 5.00 Å². The number of fused-ring (bicyclic) bond motifs is 2. The number of amides is 1. The Morgan fingerprint density at radius 3 is 2.64 bits per heavy atom. The molecule has 1 aromatic heterocycles. The summed E-state index contributed by atoms with van der Waals surface area (Å²) in [6.45, 7) is 4.01. The fraction of sp³-hybridized carbons (Fsp3) is 0.647. The lowest BCUT2D eigenvalue weighted by Gasteiger charge is -2.20. The van der Waals surface area contributed by atoms with E-state index in [0.717, 1.165) is 29.2 Å². The van der Waals surface area contributed by atoms with Crippen LogP contribution in [0, 0.1) is 24.7 Å². The minimum atomic E-state index is -0.357. The summed E-state index contributed by atoms with van der Waals surface area (Å²) < 4.78 is 4.91. The number of hydrogen-bond donors (Lipinski definition) is 1. The Kier molecular flexibility index (Phi) is 4.26. The third-order valence-corrected chi connectivity index (χ3v) is 6.33. The molecule has 1 amide bonds. The topological polar surface area (TPSA) is 55.4 Å². The highest BCUT2D eigenvalue weighted by Crippen LogP contribution is 2.49. The van der Waals surface area contributed by atoms with E-state index in [-0.39, 0.29) is 17.8 Å². The van der Waals surface area contributed by atoms with E-state index in [2.05, 4.69) is 5.32 Å². The van der Waals surface area contributed by atoms with Crippen molar-refractivity contribution in [1.82, 2.24) is 0 Å². The molecular formula is C17H23NO3S. The van der Waals surface area contributed by atoms with E-state index < -0.39 is 0 Å². The lowest BCUT2D eigenvalue weighted by molar-refractivity contribution is -0.121. The fourth-order valence-electron chi connectivity index (χ4n) is 4.18. The van der Waals surface area contributed by atoms with Gasteiger partial charge in [-0.05, 0) is 50.0 Å². The zero-order valence-corrected chi connectivity index (χ0v) is 14.2. The summed E-state index contributed by atoms with van der Waals surface area (Å²) in [6.07, 6.45) is 5.42. The van der Waals surface area contributed by atoms with Gasteiger partial charge in [-0.1, -0.05) is 13.3 Å². The number of aryl methyl sites for hydroxylation is 1. The van der Waals surface area contributed by atoms with E-state index in [1.165, 1.54) is 37.7 Å². The molecule has 2 saturated carbocycles. The monoisotopic (exact) mass is 321 g/mol. The summed E-state index contributed by atoms with van der Waals surface area (Å²) in [4.78, 5) is 25.8. The molecule has 3 atom stereocenters. The van der Waals surface area contributed by atoms with Crippen molar-refractivity contribution in [2.75, 3.05) is 12.4 Å². The van der Waals surface area contributed by atoms with Crippen LogP contribution in [0.25, 0.3) is 0 Å². The molecule has 0 saturated heterocycles. The van der Waals surface area contributed by atoms with Gasteiger partial charge in [-0.3, -0.25) is 4.79 Å². The highest BCUT2D eigenvalue weighted by molar-refractivity contribution is 7.16. The average molecular weight is 321 g/mol. The predicted molar refractivity (Wildman–Crippen MR) is 87.3 cm³/mol. The number of methoxy groups -OCH3 is 1. The average Bonchev–Trinajstić information content (AvgIpc) is 3.20. The molecule has 0 spiro atoms. The summed E-state index contributed by atoms with van der Waals surface area (Å²) >= 11 is 1.48. The first-order valence-electron chi connectivity index (χ1n) is 8.06. The maximum Gasteiger partial charge on any atom is 0.341 e. The van der Waals surface area contributed by atoms with Crippen LogP contribution in [0.1, 0.15) is 53.4 Å². The maximum absolute atomic E-state index is 12.6. The van der Waals surface area contributed by atoms with Gasteiger partial charge in [0.2, 0.25) is 5.91 Å². The van der Waals surface area contributed by atoms with Crippen molar-refractivity contribution in [3.63, 3.8) is 0 Å². The fourth-order valence-corrected chi connectivity index (χ4v) is 5.32. The highest BCUT2D eigenvalue weighted by Gasteiger charge is 2.43. The number of thiophene rings is 1. The Hall–Kier alpha value is -1.36. The SMILES string of the molecule is CCc1c(C)sc(NC(=O)[C@@H]2C[C@H]3CC[C@@H]2C3)c1C(=O)OC. The Labute approximate surface area is 135 Å². The maximum atomic E-state index is 12.6. The molecule has 120 valence electrons. The molecule has 1 aromatic rings. The van der Waals surface area contributed by atoms with Crippen LogP contribution in [0.2, 0.25) is 0 Å². The third-order valence-electron chi connectivity index (χ3n) is 5.26. The lowest BCUT2D eigenvalue weighted by atomic mass is 9.88.